The zero-order chi connectivity index (χ0) is 18.5. The first-order chi connectivity index (χ1) is 12.5. The standard InChI is InChI=1S/C21H23ClN2O2/c1-15-6-4-8-16(12-15)21(26)24-11-5-9-18(14-24)20(25)23-13-17-7-2-3-10-19(17)22/h2-4,6-8,10,12,18H,5,9,11,13-14H2,1H3,(H,23,25)/t18-/m0/s1. The van der Waals surface area contributed by atoms with Gasteiger partial charge < -0.3 is 10.2 Å². The van der Waals surface area contributed by atoms with Gasteiger partial charge in [0.25, 0.3) is 5.91 Å². The Bertz CT molecular complexity index is 806. The average molecular weight is 371 g/mol. The van der Waals surface area contributed by atoms with Crippen LogP contribution in [-0.4, -0.2) is 29.8 Å². The van der Waals surface area contributed by atoms with Crippen molar-refractivity contribution in [3.8, 4) is 0 Å². The lowest BCUT2D eigenvalue weighted by atomic mass is 9.96. The van der Waals surface area contributed by atoms with Gasteiger partial charge in [0.15, 0.2) is 0 Å². The highest BCUT2D eigenvalue weighted by molar-refractivity contribution is 6.31. The minimum atomic E-state index is -0.181. The molecule has 1 aliphatic rings. The van der Waals surface area contributed by atoms with Crippen molar-refractivity contribution in [3.63, 3.8) is 0 Å². The molecule has 2 amide bonds. The molecule has 1 heterocycles. The van der Waals surface area contributed by atoms with Crippen LogP contribution in [0.25, 0.3) is 0 Å². The molecule has 0 unspecified atom stereocenters. The fourth-order valence-corrected chi connectivity index (χ4v) is 3.51. The quantitative estimate of drug-likeness (QED) is 0.889. The molecule has 2 aromatic carbocycles. The number of hydrogen-bond donors (Lipinski definition) is 1. The molecule has 0 aromatic heterocycles. The number of halogens is 1. The molecular formula is C21H23ClN2O2. The summed E-state index contributed by atoms with van der Waals surface area (Å²) in [6.07, 6.45) is 1.63. The second kappa shape index (κ2) is 8.37. The zero-order valence-electron chi connectivity index (χ0n) is 14.9. The third-order valence-corrected chi connectivity index (χ3v) is 5.12. The third-order valence-electron chi connectivity index (χ3n) is 4.76. The molecule has 4 nitrogen and oxygen atoms in total. The molecular weight excluding hydrogens is 348 g/mol. The largest absolute Gasteiger partial charge is 0.352 e. The molecule has 1 saturated heterocycles. The van der Waals surface area contributed by atoms with Gasteiger partial charge in [-0.25, -0.2) is 0 Å². The van der Waals surface area contributed by atoms with Crippen LogP contribution in [-0.2, 0) is 11.3 Å². The summed E-state index contributed by atoms with van der Waals surface area (Å²) < 4.78 is 0. The summed E-state index contributed by atoms with van der Waals surface area (Å²) in [6, 6.07) is 15.1. The number of nitrogens with zero attached hydrogens (tertiary/aromatic N) is 1. The van der Waals surface area contributed by atoms with E-state index in [4.69, 9.17) is 11.6 Å². The van der Waals surface area contributed by atoms with Crippen LogP contribution >= 0.6 is 11.6 Å². The van der Waals surface area contributed by atoms with Crippen LogP contribution in [0, 0.1) is 12.8 Å². The van der Waals surface area contributed by atoms with Crippen LogP contribution in [0.2, 0.25) is 5.02 Å². The highest BCUT2D eigenvalue weighted by atomic mass is 35.5. The van der Waals surface area contributed by atoms with Gasteiger partial charge in [-0.2, -0.15) is 0 Å². The lowest BCUT2D eigenvalue weighted by molar-refractivity contribution is -0.126. The first kappa shape index (κ1) is 18.5. The van der Waals surface area contributed by atoms with E-state index in [9.17, 15) is 9.59 Å². The lowest BCUT2D eigenvalue weighted by Crippen LogP contribution is -2.45. The van der Waals surface area contributed by atoms with Crippen LogP contribution in [0.5, 0.6) is 0 Å². The van der Waals surface area contributed by atoms with Crippen molar-refractivity contribution in [1.82, 2.24) is 10.2 Å². The molecule has 0 saturated carbocycles. The summed E-state index contributed by atoms with van der Waals surface area (Å²) in [4.78, 5) is 27.1. The Morgan fingerprint density at radius 2 is 2.00 bits per heavy atom. The Kier molecular flexibility index (Phi) is 5.94. The van der Waals surface area contributed by atoms with Gasteiger partial charge in [-0.15, -0.1) is 0 Å². The summed E-state index contributed by atoms with van der Waals surface area (Å²) in [5, 5.41) is 3.60. The van der Waals surface area contributed by atoms with E-state index in [1.807, 2.05) is 55.5 Å². The minimum Gasteiger partial charge on any atom is -0.352 e. The molecule has 1 aliphatic heterocycles. The number of hydrogen-bond acceptors (Lipinski definition) is 2. The van der Waals surface area contributed by atoms with Gasteiger partial charge in [0.05, 0.1) is 5.92 Å². The van der Waals surface area contributed by atoms with E-state index in [-0.39, 0.29) is 17.7 Å². The van der Waals surface area contributed by atoms with Gasteiger partial charge in [0.2, 0.25) is 5.91 Å². The molecule has 0 radical (unpaired) electrons. The molecule has 1 N–H and O–H groups in total. The maximum absolute atomic E-state index is 12.7. The molecule has 0 spiro atoms. The first-order valence-electron chi connectivity index (χ1n) is 8.91. The molecule has 136 valence electrons. The number of likely N-dealkylation sites (tertiary alicyclic amines) is 1. The van der Waals surface area contributed by atoms with Crippen LogP contribution in [0.3, 0.4) is 0 Å². The lowest BCUT2D eigenvalue weighted by Gasteiger charge is -2.32. The maximum atomic E-state index is 12.7. The molecule has 5 heteroatoms. The summed E-state index contributed by atoms with van der Waals surface area (Å²) in [6.45, 7) is 3.53. The monoisotopic (exact) mass is 370 g/mol. The predicted octanol–water partition coefficient (Wildman–Crippen LogP) is 3.82. The van der Waals surface area contributed by atoms with Crippen molar-refractivity contribution in [2.75, 3.05) is 13.1 Å². The Morgan fingerprint density at radius 1 is 1.19 bits per heavy atom. The fourth-order valence-electron chi connectivity index (χ4n) is 3.30. The van der Waals surface area contributed by atoms with Crippen molar-refractivity contribution < 1.29 is 9.59 Å². The number of carbonyl (C=O) groups is 2. The SMILES string of the molecule is Cc1cccc(C(=O)N2CCC[C@H](C(=O)NCc3ccccc3Cl)C2)c1. The Hall–Kier alpha value is -2.33. The van der Waals surface area contributed by atoms with Gasteiger partial charge in [-0.05, 0) is 43.5 Å². The van der Waals surface area contributed by atoms with Crippen molar-refractivity contribution in [2.45, 2.75) is 26.3 Å². The molecule has 2 aromatic rings. The Morgan fingerprint density at radius 3 is 2.77 bits per heavy atom. The molecule has 3 rings (SSSR count). The predicted molar refractivity (Wildman–Crippen MR) is 103 cm³/mol. The highest BCUT2D eigenvalue weighted by Crippen LogP contribution is 2.20. The van der Waals surface area contributed by atoms with Gasteiger partial charge >= 0.3 is 0 Å². The maximum Gasteiger partial charge on any atom is 0.253 e. The molecule has 26 heavy (non-hydrogen) atoms. The van der Waals surface area contributed by atoms with Crippen molar-refractivity contribution in [2.24, 2.45) is 5.92 Å². The summed E-state index contributed by atoms with van der Waals surface area (Å²) in [5.41, 5.74) is 2.63. The third kappa shape index (κ3) is 4.44. The zero-order valence-corrected chi connectivity index (χ0v) is 15.6. The van der Waals surface area contributed by atoms with E-state index < -0.39 is 0 Å². The second-order valence-corrected chi connectivity index (χ2v) is 7.18. The number of rotatable bonds is 4. The van der Waals surface area contributed by atoms with E-state index >= 15 is 0 Å². The van der Waals surface area contributed by atoms with E-state index in [1.165, 1.54) is 0 Å². The Balaban J connectivity index is 1.60. The average Bonchev–Trinajstić information content (AvgIpc) is 2.66. The van der Waals surface area contributed by atoms with Gasteiger partial charge in [-0.3, -0.25) is 9.59 Å². The minimum absolute atomic E-state index is 0.00250. The van der Waals surface area contributed by atoms with E-state index in [1.54, 1.807) is 4.90 Å². The van der Waals surface area contributed by atoms with E-state index in [2.05, 4.69) is 5.32 Å². The fraction of sp³-hybridized carbons (Fsp3) is 0.333. The number of piperidine rings is 1. The van der Waals surface area contributed by atoms with Crippen LogP contribution < -0.4 is 5.32 Å². The topological polar surface area (TPSA) is 49.4 Å². The van der Waals surface area contributed by atoms with Gasteiger partial charge in [-0.1, -0.05) is 47.5 Å². The molecule has 0 bridgehead atoms. The van der Waals surface area contributed by atoms with Crippen molar-refractivity contribution in [3.05, 3.63) is 70.2 Å². The number of aryl methyl sites for hydroxylation is 1. The second-order valence-electron chi connectivity index (χ2n) is 6.77. The molecule has 1 fully saturated rings. The van der Waals surface area contributed by atoms with E-state index in [0.29, 0.717) is 30.2 Å². The van der Waals surface area contributed by atoms with Crippen molar-refractivity contribution >= 4 is 23.4 Å². The summed E-state index contributed by atoms with van der Waals surface area (Å²) in [5.74, 6) is -0.205. The highest BCUT2D eigenvalue weighted by Gasteiger charge is 2.28. The van der Waals surface area contributed by atoms with Gasteiger partial charge in [0.1, 0.15) is 0 Å². The molecule has 0 aliphatic carbocycles. The summed E-state index contributed by atoms with van der Waals surface area (Å²) in [7, 11) is 0. The Labute approximate surface area is 159 Å². The summed E-state index contributed by atoms with van der Waals surface area (Å²) >= 11 is 6.13. The van der Waals surface area contributed by atoms with Crippen molar-refractivity contribution in [1.29, 1.82) is 0 Å². The smallest absolute Gasteiger partial charge is 0.253 e. The molecule has 1 atom stereocenters. The number of carbonyl (C=O) groups excluding carboxylic acids is 2. The number of benzene rings is 2. The van der Waals surface area contributed by atoms with E-state index in [0.717, 1.165) is 24.0 Å². The van der Waals surface area contributed by atoms with Crippen LogP contribution in [0.4, 0.5) is 0 Å². The van der Waals surface area contributed by atoms with Gasteiger partial charge in [0, 0.05) is 30.2 Å². The van der Waals surface area contributed by atoms with Crippen LogP contribution in [0.1, 0.15) is 34.3 Å². The first-order valence-corrected chi connectivity index (χ1v) is 9.29. The van der Waals surface area contributed by atoms with Crippen LogP contribution in [0.15, 0.2) is 48.5 Å². The normalized spacial score (nSPS) is 17.0. The number of nitrogens with one attached hydrogen (secondary N) is 1. The number of amides is 2.